The highest BCUT2D eigenvalue weighted by Gasteiger charge is 2.18. The van der Waals surface area contributed by atoms with Crippen LogP contribution in [0.15, 0.2) is 36.7 Å². The van der Waals surface area contributed by atoms with Crippen molar-refractivity contribution in [2.45, 2.75) is 13.5 Å². The fraction of sp³-hybridized carbons (Fsp3) is 0.375. The Morgan fingerprint density at radius 2 is 1.86 bits per heavy atom. The normalized spacial score (nSPS) is 16.2. The van der Waals surface area contributed by atoms with Crippen molar-refractivity contribution in [2.75, 3.05) is 31.1 Å². The lowest BCUT2D eigenvalue weighted by atomic mass is 10.1. The molecule has 21 heavy (non-hydrogen) atoms. The van der Waals surface area contributed by atoms with Crippen molar-refractivity contribution in [1.82, 2.24) is 14.9 Å². The van der Waals surface area contributed by atoms with Gasteiger partial charge in [0.05, 0.1) is 12.4 Å². The van der Waals surface area contributed by atoms with E-state index in [-0.39, 0.29) is 0 Å². The molecule has 1 aromatic heterocycles. The molecule has 3 rings (SSSR count). The molecular formula is C16H19ClN4. The number of hydrogen-bond donors (Lipinski definition) is 0. The number of nitrogens with zero attached hydrogens (tertiary/aromatic N) is 4. The molecule has 2 aromatic rings. The van der Waals surface area contributed by atoms with Gasteiger partial charge in [-0.3, -0.25) is 9.88 Å². The first-order chi connectivity index (χ1) is 10.2. The Kier molecular flexibility index (Phi) is 4.36. The molecular weight excluding hydrogens is 284 g/mol. The first-order valence-corrected chi connectivity index (χ1v) is 7.59. The Morgan fingerprint density at radius 3 is 2.57 bits per heavy atom. The Morgan fingerprint density at radius 1 is 1.10 bits per heavy atom. The molecule has 2 heterocycles. The predicted molar refractivity (Wildman–Crippen MR) is 85.7 cm³/mol. The molecule has 110 valence electrons. The molecule has 1 saturated heterocycles. The average Bonchev–Trinajstić information content (AvgIpc) is 2.50. The summed E-state index contributed by atoms with van der Waals surface area (Å²) >= 11 is 5.91. The molecule has 0 N–H and O–H groups in total. The van der Waals surface area contributed by atoms with Gasteiger partial charge in [-0.25, -0.2) is 4.98 Å². The molecule has 0 bridgehead atoms. The van der Waals surface area contributed by atoms with E-state index in [4.69, 9.17) is 11.6 Å². The maximum absolute atomic E-state index is 5.91. The van der Waals surface area contributed by atoms with Crippen molar-refractivity contribution in [2.24, 2.45) is 0 Å². The van der Waals surface area contributed by atoms with Crippen LogP contribution in [0, 0.1) is 6.92 Å². The number of aromatic nitrogens is 2. The summed E-state index contributed by atoms with van der Waals surface area (Å²) in [7, 11) is 0. The minimum atomic E-state index is 0.454. The number of halogens is 1. The van der Waals surface area contributed by atoms with Gasteiger partial charge < -0.3 is 4.90 Å². The van der Waals surface area contributed by atoms with E-state index in [1.54, 1.807) is 12.4 Å². The molecule has 0 unspecified atom stereocenters. The Bertz CT molecular complexity index is 609. The number of anilines is 1. The molecule has 0 spiro atoms. The van der Waals surface area contributed by atoms with Gasteiger partial charge in [0.15, 0.2) is 0 Å². The van der Waals surface area contributed by atoms with E-state index in [1.807, 2.05) is 0 Å². The van der Waals surface area contributed by atoms with Gasteiger partial charge in [-0.1, -0.05) is 35.9 Å². The summed E-state index contributed by atoms with van der Waals surface area (Å²) in [6, 6.07) is 8.59. The summed E-state index contributed by atoms with van der Waals surface area (Å²) in [5, 5.41) is 0.454. The summed E-state index contributed by atoms with van der Waals surface area (Å²) < 4.78 is 0. The topological polar surface area (TPSA) is 32.3 Å². The van der Waals surface area contributed by atoms with Gasteiger partial charge in [0.1, 0.15) is 11.0 Å². The minimum Gasteiger partial charge on any atom is -0.353 e. The van der Waals surface area contributed by atoms with E-state index < -0.39 is 0 Å². The van der Waals surface area contributed by atoms with Crippen LogP contribution in [0.2, 0.25) is 5.15 Å². The summed E-state index contributed by atoms with van der Waals surface area (Å²) in [6.45, 7) is 7.17. The maximum atomic E-state index is 5.91. The third-order valence-electron chi connectivity index (χ3n) is 3.94. The molecule has 1 aliphatic heterocycles. The van der Waals surface area contributed by atoms with Crippen LogP contribution in [-0.4, -0.2) is 41.0 Å². The van der Waals surface area contributed by atoms with Gasteiger partial charge in [-0.2, -0.15) is 0 Å². The van der Waals surface area contributed by atoms with Crippen LogP contribution >= 0.6 is 11.6 Å². The largest absolute Gasteiger partial charge is 0.353 e. The van der Waals surface area contributed by atoms with Crippen molar-refractivity contribution < 1.29 is 0 Å². The van der Waals surface area contributed by atoms with E-state index in [1.165, 1.54) is 11.1 Å². The number of hydrogen-bond acceptors (Lipinski definition) is 4. The lowest BCUT2D eigenvalue weighted by molar-refractivity contribution is 0.249. The van der Waals surface area contributed by atoms with Crippen LogP contribution < -0.4 is 4.90 Å². The molecule has 0 amide bonds. The number of benzene rings is 1. The molecule has 0 atom stereocenters. The van der Waals surface area contributed by atoms with E-state index in [9.17, 15) is 0 Å². The summed E-state index contributed by atoms with van der Waals surface area (Å²) in [5.41, 5.74) is 2.77. The van der Waals surface area contributed by atoms with Crippen molar-refractivity contribution in [1.29, 1.82) is 0 Å². The molecule has 0 radical (unpaired) electrons. The third-order valence-corrected chi connectivity index (χ3v) is 4.13. The van der Waals surface area contributed by atoms with Crippen LogP contribution in [0.25, 0.3) is 0 Å². The lowest BCUT2D eigenvalue weighted by Crippen LogP contribution is -2.46. The molecule has 1 fully saturated rings. The Hall–Kier alpha value is -1.65. The molecule has 5 heteroatoms. The van der Waals surface area contributed by atoms with Gasteiger partial charge in [0.25, 0.3) is 0 Å². The van der Waals surface area contributed by atoms with Gasteiger partial charge >= 0.3 is 0 Å². The predicted octanol–water partition coefficient (Wildman–Crippen LogP) is 2.76. The Labute approximate surface area is 130 Å². The van der Waals surface area contributed by atoms with Gasteiger partial charge in [-0.05, 0) is 18.1 Å². The van der Waals surface area contributed by atoms with Crippen LogP contribution in [0.5, 0.6) is 0 Å². The molecule has 0 saturated carbocycles. The second-order valence-corrected chi connectivity index (χ2v) is 5.78. The second kappa shape index (κ2) is 6.41. The summed E-state index contributed by atoms with van der Waals surface area (Å²) in [5.74, 6) is 0.873. The Balaban J connectivity index is 1.59. The highest BCUT2D eigenvalue weighted by Crippen LogP contribution is 2.17. The third kappa shape index (κ3) is 3.52. The van der Waals surface area contributed by atoms with E-state index in [0.29, 0.717) is 5.15 Å². The van der Waals surface area contributed by atoms with Crippen LogP contribution in [0.3, 0.4) is 0 Å². The summed E-state index contributed by atoms with van der Waals surface area (Å²) in [6.07, 6.45) is 3.35. The highest BCUT2D eigenvalue weighted by molar-refractivity contribution is 6.29. The van der Waals surface area contributed by atoms with Gasteiger partial charge in [0, 0.05) is 32.7 Å². The fourth-order valence-electron chi connectivity index (χ4n) is 2.65. The van der Waals surface area contributed by atoms with Crippen molar-refractivity contribution in [3.63, 3.8) is 0 Å². The van der Waals surface area contributed by atoms with Crippen LogP contribution in [-0.2, 0) is 6.54 Å². The maximum Gasteiger partial charge on any atom is 0.149 e. The first kappa shape index (κ1) is 14.3. The minimum absolute atomic E-state index is 0.454. The van der Waals surface area contributed by atoms with Crippen LogP contribution in [0.4, 0.5) is 5.82 Å². The average molecular weight is 303 g/mol. The molecule has 1 aromatic carbocycles. The van der Waals surface area contributed by atoms with Crippen molar-refractivity contribution in [3.05, 3.63) is 52.9 Å². The highest BCUT2D eigenvalue weighted by atomic mass is 35.5. The van der Waals surface area contributed by atoms with E-state index in [2.05, 4.69) is 51.0 Å². The molecule has 4 nitrogen and oxygen atoms in total. The lowest BCUT2D eigenvalue weighted by Gasteiger charge is -2.35. The zero-order chi connectivity index (χ0) is 14.7. The summed E-state index contributed by atoms with van der Waals surface area (Å²) in [4.78, 5) is 13.2. The molecule has 1 aliphatic rings. The quantitative estimate of drug-likeness (QED) is 0.873. The fourth-order valence-corrected chi connectivity index (χ4v) is 2.79. The van der Waals surface area contributed by atoms with E-state index >= 15 is 0 Å². The van der Waals surface area contributed by atoms with Crippen molar-refractivity contribution >= 4 is 17.4 Å². The zero-order valence-corrected chi connectivity index (χ0v) is 12.9. The molecule has 0 aliphatic carbocycles. The number of rotatable bonds is 3. The standard InChI is InChI=1S/C16H19ClN4/c1-13-4-2-3-5-14(13)12-20-6-8-21(9-7-20)16-11-18-10-15(17)19-16/h2-5,10-11H,6-9,12H2,1H3. The van der Waals surface area contributed by atoms with Gasteiger partial charge in [0.2, 0.25) is 0 Å². The zero-order valence-electron chi connectivity index (χ0n) is 12.2. The monoisotopic (exact) mass is 302 g/mol. The van der Waals surface area contributed by atoms with Crippen molar-refractivity contribution in [3.8, 4) is 0 Å². The van der Waals surface area contributed by atoms with E-state index in [0.717, 1.165) is 38.5 Å². The second-order valence-electron chi connectivity index (χ2n) is 5.39. The number of aryl methyl sites for hydroxylation is 1. The smallest absolute Gasteiger partial charge is 0.149 e. The van der Waals surface area contributed by atoms with Gasteiger partial charge in [-0.15, -0.1) is 0 Å². The first-order valence-electron chi connectivity index (χ1n) is 7.22. The van der Waals surface area contributed by atoms with Crippen LogP contribution in [0.1, 0.15) is 11.1 Å². The number of piperazine rings is 1. The SMILES string of the molecule is Cc1ccccc1CN1CCN(c2cncc(Cl)n2)CC1.